The fourth-order valence-electron chi connectivity index (χ4n) is 3.52. The van der Waals surface area contributed by atoms with Gasteiger partial charge in [-0.3, -0.25) is 14.9 Å². The lowest BCUT2D eigenvalue weighted by Crippen LogP contribution is -2.45. The lowest BCUT2D eigenvalue weighted by Gasteiger charge is -2.36. The Kier molecular flexibility index (Phi) is 7.66. The second-order valence-electron chi connectivity index (χ2n) is 7.24. The summed E-state index contributed by atoms with van der Waals surface area (Å²) in [4.78, 5) is 12.6. The van der Waals surface area contributed by atoms with Crippen molar-refractivity contribution in [2.24, 2.45) is 10.9 Å². The largest absolute Gasteiger partial charge is 0.356 e. The highest BCUT2D eigenvalue weighted by Crippen LogP contribution is 2.28. The Morgan fingerprint density at radius 3 is 2.81 bits per heavy atom. The number of nitrogens with one attached hydrogen (secondary N) is 2. The molecule has 0 aromatic carbocycles. The molecule has 0 aliphatic carbocycles. The van der Waals surface area contributed by atoms with Crippen molar-refractivity contribution in [1.82, 2.24) is 20.5 Å². The Morgan fingerprint density at radius 1 is 1.30 bits per heavy atom. The molecule has 1 aliphatic rings. The minimum Gasteiger partial charge on any atom is -0.356 e. The van der Waals surface area contributed by atoms with Crippen LogP contribution in [0.5, 0.6) is 0 Å². The van der Waals surface area contributed by atoms with Crippen LogP contribution in [-0.4, -0.2) is 49.1 Å². The highest BCUT2D eigenvalue weighted by atomic mass is 32.1. The molecular formula is C21H31N5S. The average Bonchev–Trinajstić information content (AvgIpc) is 3.23. The van der Waals surface area contributed by atoms with Gasteiger partial charge in [-0.25, -0.2) is 0 Å². The lowest BCUT2D eigenvalue weighted by atomic mass is 9.97. The van der Waals surface area contributed by atoms with Crippen molar-refractivity contribution in [3.63, 3.8) is 0 Å². The number of aromatic nitrogens is 1. The fourth-order valence-corrected chi connectivity index (χ4v) is 4.38. The summed E-state index contributed by atoms with van der Waals surface area (Å²) in [6.07, 6.45) is 7.25. The normalized spacial score (nSPS) is 17.6. The summed E-state index contributed by atoms with van der Waals surface area (Å²) < 4.78 is 0. The quantitative estimate of drug-likeness (QED) is 0.567. The van der Waals surface area contributed by atoms with Gasteiger partial charge in [0.1, 0.15) is 0 Å². The highest BCUT2D eigenvalue weighted by Gasteiger charge is 2.25. The third-order valence-corrected chi connectivity index (χ3v) is 6.22. The molecule has 1 atom stereocenters. The number of thiophene rings is 1. The lowest BCUT2D eigenvalue weighted by molar-refractivity contribution is 0.140. The van der Waals surface area contributed by atoms with Crippen molar-refractivity contribution in [3.8, 4) is 0 Å². The molecule has 1 saturated heterocycles. The smallest absolute Gasteiger partial charge is 0.191 e. The number of piperidine rings is 1. The van der Waals surface area contributed by atoms with Crippen LogP contribution in [0.2, 0.25) is 0 Å². The molecule has 2 aromatic heterocycles. The van der Waals surface area contributed by atoms with Gasteiger partial charge in [0.2, 0.25) is 0 Å². The van der Waals surface area contributed by atoms with Crippen LogP contribution in [0.15, 0.2) is 47.0 Å². The van der Waals surface area contributed by atoms with Gasteiger partial charge in [-0.1, -0.05) is 19.1 Å². The zero-order valence-corrected chi connectivity index (χ0v) is 17.2. The van der Waals surface area contributed by atoms with Crippen LogP contribution in [0.4, 0.5) is 0 Å². The van der Waals surface area contributed by atoms with Gasteiger partial charge in [-0.05, 0) is 61.3 Å². The van der Waals surface area contributed by atoms with Crippen LogP contribution in [0.1, 0.15) is 36.2 Å². The Balaban J connectivity index is 1.52. The first-order valence-electron chi connectivity index (χ1n) is 9.87. The molecule has 1 fully saturated rings. The molecule has 146 valence electrons. The summed E-state index contributed by atoms with van der Waals surface area (Å²) in [5, 5.41) is 9.14. The van der Waals surface area contributed by atoms with E-state index in [9.17, 15) is 0 Å². The third kappa shape index (κ3) is 6.04. The Labute approximate surface area is 166 Å². The summed E-state index contributed by atoms with van der Waals surface area (Å²) in [7, 11) is 1.84. The van der Waals surface area contributed by atoms with Gasteiger partial charge in [-0.15, -0.1) is 11.3 Å². The maximum Gasteiger partial charge on any atom is 0.191 e. The zero-order valence-electron chi connectivity index (χ0n) is 16.4. The van der Waals surface area contributed by atoms with Gasteiger partial charge in [0.05, 0.1) is 6.04 Å². The molecule has 5 nitrogen and oxygen atoms in total. The summed E-state index contributed by atoms with van der Waals surface area (Å²) in [6.45, 7) is 6.44. The van der Waals surface area contributed by atoms with Crippen molar-refractivity contribution in [2.45, 2.75) is 32.2 Å². The molecule has 0 spiro atoms. The molecule has 1 unspecified atom stereocenters. The molecular weight excluding hydrogens is 354 g/mol. The van der Waals surface area contributed by atoms with E-state index in [1.54, 1.807) is 0 Å². The minimum absolute atomic E-state index is 0.411. The number of aliphatic imine (C=N–C) groups is 1. The second kappa shape index (κ2) is 10.4. The second-order valence-corrected chi connectivity index (χ2v) is 8.22. The van der Waals surface area contributed by atoms with Crippen molar-refractivity contribution < 1.29 is 0 Å². The minimum atomic E-state index is 0.411. The Morgan fingerprint density at radius 2 is 2.15 bits per heavy atom. The topological polar surface area (TPSA) is 52.6 Å². The molecule has 6 heteroatoms. The van der Waals surface area contributed by atoms with Gasteiger partial charge in [-0.2, -0.15) is 0 Å². The van der Waals surface area contributed by atoms with Gasteiger partial charge in [0, 0.05) is 37.4 Å². The third-order valence-electron chi connectivity index (χ3n) is 5.25. The van der Waals surface area contributed by atoms with Crippen LogP contribution in [0, 0.1) is 5.92 Å². The predicted octanol–water partition coefficient (Wildman–Crippen LogP) is 3.32. The number of hydrogen-bond donors (Lipinski definition) is 2. The Hall–Kier alpha value is -1.92. The standard InChI is InChI=1S/C21H31N5S/c1-17-8-12-26(13-9-17)19(20-6-4-14-27-20)16-25-21(22-2)24-11-7-18-5-3-10-23-15-18/h3-6,10,14-15,17,19H,7-9,11-13,16H2,1-2H3,(H2,22,24,25). The number of guanidine groups is 1. The van der Waals surface area contributed by atoms with E-state index in [1.165, 1.54) is 36.4 Å². The fraction of sp³-hybridized carbons (Fsp3) is 0.524. The summed E-state index contributed by atoms with van der Waals surface area (Å²) in [6, 6.07) is 8.91. The molecule has 1 aliphatic heterocycles. The maximum atomic E-state index is 4.39. The first kappa shape index (κ1) is 19.8. The van der Waals surface area contributed by atoms with Gasteiger partial charge >= 0.3 is 0 Å². The molecule has 0 radical (unpaired) electrons. The van der Waals surface area contributed by atoms with Crippen LogP contribution < -0.4 is 10.6 Å². The molecule has 2 aromatic rings. The van der Waals surface area contributed by atoms with Crippen LogP contribution >= 0.6 is 11.3 Å². The number of nitrogens with zero attached hydrogens (tertiary/aromatic N) is 3. The summed E-state index contributed by atoms with van der Waals surface area (Å²) >= 11 is 1.85. The highest BCUT2D eigenvalue weighted by molar-refractivity contribution is 7.10. The zero-order chi connectivity index (χ0) is 18.9. The molecule has 3 rings (SSSR count). The molecule has 0 bridgehead atoms. The average molecular weight is 386 g/mol. The van der Waals surface area contributed by atoms with Gasteiger partial charge in [0.15, 0.2) is 5.96 Å². The van der Waals surface area contributed by atoms with Crippen molar-refractivity contribution >= 4 is 17.3 Å². The predicted molar refractivity (Wildman–Crippen MR) is 114 cm³/mol. The van der Waals surface area contributed by atoms with Crippen LogP contribution in [-0.2, 0) is 6.42 Å². The Bertz CT molecular complexity index is 678. The molecule has 2 N–H and O–H groups in total. The van der Waals surface area contributed by atoms with E-state index < -0.39 is 0 Å². The molecule has 0 saturated carbocycles. The molecule has 0 amide bonds. The number of hydrogen-bond acceptors (Lipinski definition) is 4. The van der Waals surface area contributed by atoms with Gasteiger partial charge < -0.3 is 10.6 Å². The maximum absolute atomic E-state index is 4.39. The monoisotopic (exact) mass is 385 g/mol. The first-order valence-corrected chi connectivity index (χ1v) is 10.7. The van der Waals surface area contributed by atoms with Crippen LogP contribution in [0.25, 0.3) is 0 Å². The number of likely N-dealkylation sites (tertiary alicyclic amines) is 1. The van der Waals surface area contributed by atoms with E-state index in [2.05, 4.69) is 56.0 Å². The first-order chi connectivity index (χ1) is 13.3. The summed E-state index contributed by atoms with van der Waals surface area (Å²) in [5.41, 5.74) is 1.24. The summed E-state index contributed by atoms with van der Waals surface area (Å²) in [5.74, 6) is 1.71. The van der Waals surface area contributed by atoms with E-state index in [1.807, 2.05) is 36.8 Å². The molecule has 27 heavy (non-hydrogen) atoms. The van der Waals surface area contributed by atoms with E-state index in [4.69, 9.17) is 0 Å². The van der Waals surface area contributed by atoms with E-state index in [0.29, 0.717) is 6.04 Å². The van der Waals surface area contributed by atoms with E-state index in [0.717, 1.165) is 31.4 Å². The SMILES string of the molecule is CN=C(NCCc1cccnc1)NCC(c1cccs1)N1CCC(C)CC1. The number of pyridine rings is 1. The number of rotatable bonds is 7. The van der Waals surface area contributed by atoms with E-state index in [-0.39, 0.29) is 0 Å². The van der Waals surface area contributed by atoms with Gasteiger partial charge in [0.25, 0.3) is 0 Å². The molecule has 3 heterocycles. The van der Waals surface area contributed by atoms with Crippen LogP contribution in [0.3, 0.4) is 0 Å². The van der Waals surface area contributed by atoms with E-state index >= 15 is 0 Å². The van der Waals surface area contributed by atoms with Crippen molar-refractivity contribution in [1.29, 1.82) is 0 Å². The van der Waals surface area contributed by atoms with Crippen molar-refractivity contribution in [3.05, 3.63) is 52.5 Å². The van der Waals surface area contributed by atoms with Crippen molar-refractivity contribution in [2.75, 3.05) is 33.2 Å².